The summed E-state index contributed by atoms with van der Waals surface area (Å²) in [6.45, 7) is 2.69. The van der Waals surface area contributed by atoms with Crippen LogP contribution < -0.4 is 9.62 Å². The largest absolute Gasteiger partial charge is 0.421 e. The highest BCUT2D eigenvalue weighted by Gasteiger charge is 2.51. The summed E-state index contributed by atoms with van der Waals surface area (Å²) < 4.78 is 100. The van der Waals surface area contributed by atoms with E-state index in [0.717, 1.165) is 6.26 Å². The zero-order chi connectivity index (χ0) is 30.9. The van der Waals surface area contributed by atoms with Crippen molar-refractivity contribution in [3.05, 3.63) is 53.0 Å². The van der Waals surface area contributed by atoms with Crippen LogP contribution in [0, 0.1) is 0 Å². The van der Waals surface area contributed by atoms with Crippen molar-refractivity contribution in [2.45, 2.75) is 37.2 Å². The molecule has 0 radical (unpaired) electrons. The molecule has 1 aliphatic carbocycles. The topological polar surface area (TPSA) is 119 Å². The van der Waals surface area contributed by atoms with Gasteiger partial charge in [-0.15, -0.1) is 0 Å². The Morgan fingerprint density at radius 3 is 2.40 bits per heavy atom. The van der Waals surface area contributed by atoms with Crippen molar-refractivity contribution in [3.63, 3.8) is 0 Å². The summed E-state index contributed by atoms with van der Waals surface area (Å²) in [5.41, 5.74) is -2.79. The zero-order valence-electron chi connectivity index (χ0n) is 23.2. The van der Waals surface area contributed by atoms with E-state index in [1.165, 1.54) is 34.6 Å². The molecule has 2 saturated heterocycles. The lowest BCUT2D eigenvalue weighted by Crippen LogP contribution is -2.61. The van der Waals surface area contributed by atoms with Gasteiger partial charge in [-0.05, 0) is 30.7 Å². The Balaban J connectivity index is 1.63. The van der Waals surface area contributed by atoms with Crippen LogP contribution in [0.4, 0.5) is 18.9 Å². The second-order valence-electron chi connectivity index (χ2n) is 10.8. The van der Waals surface area contributed by atoms with Gasteiger partial charge in [-0.3, -0.25) is 4.90 Å². The van der Waals surface area contributed by atoms with E-state index in [2.05, 4.69) is 4.72 Å². The van der Waals surface area contributed by atoms with Crippen LogP contribution in [0.5, 0.6) is 0 Å². The van der Waals surface area contributed by atoms with Crippen LogP contribution in [-0.2, 0) is 30.4 Å². The monoisotopic (exact) mass is 652 g/mol. The Bertz CT molecular complexity index is 1430. The van der Waals surface area contributed by atoms with Gasteiger partial charge in [-0.25, -0.2) is 21.6 Å². The number of ether oxygens (including phenoxy) is 1. The number of piperazine rings is 1. The second-order valence-corrected chi connectivity index (χ2v) is 15.0. The van der Waals surface area contributed by atoms with Crippen molar-refractivity contribution in [3.8, 4) is 0 Å². The molecule has 4 rings (SSSR count). The number of aliphatic hydroxyl groups is 1. The van der Waals surface area contributed by atoms with Crippen LogP contribution in [0.1, 0.15) is 18.9 Å². The molecule has 2 fully saturated rings. The molecular formula is C26H35F3N4O6S3. The molecule has 3 atom stereocenters. The summed E-state index contributed by atoms with van der Waals surface area (Å²) in [6.07, 6.45) is 1.47. The minimum absolute atomic E-state index is 0.0671. The number of nitrogens with zero attached hydrogens (tertiary/aromatic N) is 3. The molecule has 0 bridgehead atoms. The van der Waals surface area contributed by atoms with E-state index in [-0.39, 0.29) is 49.3 Å². The standard InChI is InChI=1S/C26H35F3N4O6S3/c1-25(34,26(27,28)29)19-7-9-20(10-8-19)33-12-11-32(42(37,38)24-6-4-3-5-23(24)40)17-22(33)16-31-13-14-39-18-21(31)15-30-41(2,35)36/h3-4,6-10,21-22,30,34H,5,11-18H2,1-2H3/t21-,22-,25+/m0/s1. The van der Waals surface area contributed by atoms with Gasteiger partial charge in [-0.2, -0.15) is 17.5 Å². The van der Waals surface area contributed by atoms with Gasteiger partial charge in [-0.1, -0.05) is 36.5 Å². The molecule has 0 aromatic heterocycles. The van der Waals surface area contributed by atoms with Crippen LogP contribution in [0.2, 0.25) is 0 Å². The van der Waals surface area contributed by atoms with E-state index in [4.69, 9.17) is 17.0 Å². The van der Waals surface area contributed by atoms with E-state index < -0.39 is 37.9 Å². The van der Waals surface area contributed by atoms with Crippen LogP contribution in [0.15, 0.2) is 47.4 Å². The predicted molar refractivity (Wildman–Crippen MR) is 157 cm³/mol. The van der Waals surface area contributed by atoms with Gasteiger partial charge in [0.25, 0.3) is 0 Å². The number of benzene rings is 1. The number of hydrogen-bond donors (Lipinski definition) is 2. The lowest BCUT2D eigenvalue weighted by Gasteiger charge is -2.46. The summed E-state index contributed by atoms with van der Waals surface area (Å²) >= 11 is 5.33. The lowest BCUT2D eigenvalue weighted by molar-refractivity contribution is -0.258. The summed E-state index contributed by atoms with van der Waals surface area (Å²) in [5, 5.41) is 10.1. The number of anilines is 1. The Morgan fingerprint density at radius 1 is 1.10 bits per heavy atom. The molecule has 1 aromatic carbocycles. The third-order valence-electron chi connectivity index (χ3n) is 7.71. The van der Waals surface area contributed by atoms with Gasteiger partial charge < -0.3 is 14.7 Å². The number of morpholine rings is 1. The second kappa shape index (κ2) is 12.6. The molecular weight excluding hydrogens is 618 g/mol. The first-order valence-electron chi connectivity index (χ1n) is 13.3. The number of allylic oxidation sites excluding steroid dienone is 4. The van der Waals surface area contributed by atoms with E-state index in [0.29, 0.717) is 43.6 Å². The molecule has 2 N–H and O–H groups in total. The third-order valence-corrected chi connectivity index (χ3v) is 10.9. The van der Waals surface area contributed by atoms with Crippen LogP contribution in [0.25, 0.3) is 0 Å². The van der Waals surface area contributed by atoms with Crippen molar-refractivity contribution in [1.29, 1.82) is 0 Å². The molecule has 2 heterocycles. The number of hydrogen-bond acceptors (Lipinski definition) is 9. The zero-order valence-corrected chi connectivity index (χ0v) is 25.7. The fraction of sp³-hybridized carbons (Fsp3) is 0.577. The Morgan fingerprint density at radius 2 is 1.79 bits per heavy atom. The van der Waals surface area contributed by atoms with Crippen molar-refractivity contribution in [2.24, 2.45) is 0 Å². The number of sulfonamides is 2. The molecule has 10 nitrogen and oxygen atoms in total. The summed E-state index contributed by atoms with van der Waals surface area (Å²) in [5.74, 6) is 0. The van der Waals surface area contributed by atoms with Gasteiger partial charge in [0.05, 0.1) is 30.4 Å². The molecule has 234 valence electrons. The van der Waals surface area contributed by atoms with E-state index in [1.54, 1.807) is 12.2 Å². The summed E-state index contributed by atoms with van der Waals surface area (Å²) in [4.78, 5) is 4.37. The van der Waals surface area contributed by atoms with Crippen molar-refractivity contribution >= 4 is 42.8 Å². The molecule has 0 unspecified atom stereocenters. The first-order valence-corrected chi connectivity index (χ1v) is 17.1. The summed E-state index contributed by atoms with van der Waals surface area (Å²) in [6, 6.07) is 4.64. The highest BCUT2D eigenvalue weighted by atomic mass is 32.2. The number of nitrogens with one attached hydrogen (secondary N) is 1. The Labute approximate surface area is 249 Å². The summed E-state index contributed by atoms with van der Waals surface area (Å²) in [7, 11) is -7.38. The molecule has 16 heteroatoms. The van der Waals surface area contributed by atoms with Crippen molar-refractivity contribution in [1.82, 2.24) is 13.9 Å². The molecule has 3 aliphatic rings. The first-order chi connectivity index (χ1) is 19.5. The fourth-order valence-corrected chi connectivity index (χ4v) is 7.78. The minimum Gasteiger partial charge on any atom is -0.378 e. The third kappa shape index (κ3) is 7.41. The van der Waals surface area contributed by atoms with Crippen molar-refractivity contribution in [2.75, 3.05) is 63.6 Å². The SMILES string of the molecule is C[C@@](O)(c1ccc(N2CCN(S(=O)(=O)C3=CC=CCC3=S)C[C@@H]2CN2CCOC[C@@H]2CNS(C)(=O)=O)cc1)C(F)(F)F. The maximum absolute atomic E-state index is 13.6. The van der Waals surface area contributed by atoms with Crippen molar-refractivity contribution < 1.29 is 39.9 Å². The predicted octanol–water partition coefficient (Wildman–Crippen LogP) is 1.74. The van der Waals surface area contributed by atoms with E-state index >= 15 is 0 Å². The minimum atomic E-state index is -4.87. The fourth-order valence-electron chi connectivity index (χ4n) is 5.21. The van der Waals surface area contributed by atoms with Gasteiger partial charge in [0.2, 0.25) is 20.0 Å². The highest BCUT2D eigenvalue weighted by Crippen LogP contribution is 2.39. The average molecular weight is 653 g/mol. The van der Waals surface area contributed by atoms with Gasteiger partial charge >= 0.3 is 6.18 Å². The first kappa shape index (κ1) is 33.0. The van der Waals surface area contributed by atoms with E-state index in [1.807, 2.05) is 9.80 Å². The van der Waals surface area contributed by atoms with Gasteiger partial charge in [0.1, 0.15) is 0 Å². The smallest absolute Gasteiger partial charge is 0.378 e. The molecule has 0 amide bonds. The molecule has 42 heavy (non-hydrogen) atoms. The maximum Gasteiger partial charge on any atom is 0.421 e. The molecule has 1 aromatic rings. The number of halogens is 3. The Hall–Kier alpha value is -1.92. The Kier molecular flexibility index (Phi) is 9.89. The molecule has 0 spiro atoms. The lowest BCUT2D eigenvalue weighted by atomic mass is 9.95. The number of thiocarbonyl (C=S) groups is 1. The van der Waals surface area contributed by atoms with Crippen LogP contribution in [-0.4, -0.2) is 113 Å². The maximum atomic E-state index is 13.6. The van der Waals surface area contributed by atoms with Crippen LogP contribution >= 0.6 is 12.2 Å². The highest BCUT2D eigenvalue weighted by molar-refractivity contribution is 7.96. The van der Waals surface area contributed by atoms with Crippen LogP contribution in [0.3, 0.4) is 0 Å². The number of alkyl halides is 3. The van der Waals surface area contributed by atoms with E-state index in [9.17, 15) is 35.1 Å². The normalized spacial score (nSPS) is 24.9. The van der Waals surface area contributed by atoms with Gasteiger partial charge in [0.15, 0.2) is 5.60 Å². The average Bonchev–Trinajstić information content (AvgIpc) is 2.92. The molecule has 0 saturated carbocycles. The quantitative estimate of drug-likeness (QED) is 0.385. The molecule has 2 aliphatic heterocycles. The number of rotatable bonds is 9. The van der Waals surface area contributed by atoms with Gasteiger partial charge in [0, 0.05) is 62.3 Å².